The lowest BCUT2D eigenvalue weighted by atomic mass is 9.86. The van der Waals surface area contributed by atoms with Crippen molar-refractivity contribution in [2.75, 3.05) is 26.0 Å². The molecule has 4 rings (SSSR count). The lowest BCUT2D eigenvalue weighted by Gasteiger charge is -2.21. The maximum Gasteiger partial charge on any atom is 0.455 e. The van der Waals surface area contributed by atoms with Crippen LogP contribution in [0.1, 0.15) is 41.0 Å². The number of rotatable bonds is 10. The van der Waals surface area contributed by atoms with Gasteiger partial charge in [0.25, 0.3) is 5.91 Å². The van der Waals surface area contributed by atoms with E-state index in [0.717, 1.165) is 12.1 Å². The van der Waals surface area contributed by atoms with Crippen molar-refractivity contribution in [1.29, 1.82) is 0 Å². The van der Waals surface area contributed by atoms with Crippen molar-refractivity contribution in [3.63, 3.8) is 0 Å². The van der Waals surface area contributed by atoms with Gasteiger partial charge in [-0.2, -0.15) is 26.9 Å². The number of fused-ring (bicyclic) bond motifs is 1. The molecular formula is C32H27F6N3O4. The number of benzene rings is 2. The van der Waals surface area contributed by atoms with Crippen LogP contribution in [0.4, 0.5) is 32.2 Å². The fraction of sp³-hybridized carbons (Fsp3) is 0.281. The van der Waals surface area contributed by atoms with Gasteiger partial charge in [0.1, 0.15) is 23.1 Å². The third-order valence-corrected chi connectivity index (χ3v) is 6.94. The van der Waals surface area contributed by atoms with Crippen LogP contribution >= 0.6 is 0 Å². The smallest absolute Gasteiger partial charge is 0.455 e. The molecule has 4 aromatic rings. The Labute approximate surface area is 254 Å². The number of furan rings is 1. The van der Waals surface area contributed by atoms with E-state index in [1.165, 1.54) is 50.6 Å². The molecular weight excluding hydrogens is 604 g/mol. The molecule has 2 heterocycles. The second-order valence-corrected chi connectivity index (χ2v) is 10.7. The van der Waals surface area contributed by atoms with E-state index in [-0.39, 0.29) is 56.8 Å². The van der Waals surface area contributed by atoms with Gasteiger partial charge >= 0.3 is 12.1 Å². The van der Waals surface area contributed by atoms with Crippen LogP contribution in [-0.2, 0) is 0 Å². The molecule has 45 heavy (non-hydrogen) atoms. The van der Waals surface area contributed by atoms with Gasteiger partial charge in [-0.05, 0) is 61.9 Å². The van der Waals surface area contributed by atoms with E-state index in [2.05, 4.69) is 21.5 Å². The number of hydrogen-bond donors (Lipinski definition) is 2. The van der Waals surface area contributed by atoms with Gasteiger partial charge in [0, 0.05) is 30.0 Å². The number of carbonyl (C=O) groups is 2. The molecule has 0 atom stereocenters. The highest BCUT2D eigenvalue weighted by atomic mass is 19.4. The molecule has 1 amide bonds. The van der Waals surface area contributed by atoms with Gasteiger partial charge in [-0.15, -0.1) is 12.3 Å². The van der Waals surface area contributed by atoms with E-state index in [9.17, 15) is 35.9 Å². The highest BCUT2D eigenvalue weighted by Crippen LogP contribution is 2.41. The van der Waals surface area contributed by atoms with Crippen LogP contribution in [0, 0.1) is 23.6 Å². The van der Waals surface area contributed by atoms with E-state index in [4.69, 9.17) is 15.6 Å². The average Bonchev–Trinajstić information content (AvgIpc) is 3.36. The number of halogens is 6. The molecule has 0 aliphatic heterocycles. The van der Waals surface area contributed by atoms with Crippen molar-refractivity contribution in [2.45, 2.75) is 32.4 Å². The topological polar surface area (TPSA) is 93.5 Å². The lowest BCUT2D eigenvalue weighted by molar-refractivity contribution is -0.275. The van der Waals surface area contributed by atoms with E-state index in [0.29, 0.717) is 0 Å². The van der Waals surface area contributed by atoms with Crippen molar-refractivity contribution in [1.82, 2.24) is 10.3 Å². The van der Waals surface area contributed by atoms with Crippen molar-refractivity contribution < 1.29 is 45.1 Å². The number of carbonyl (C=O) groups excluding carboxylic acids is 2. The van der Waals surface area contributed by atoms with E-state index < -0.39 is 47.4 Å². The molecule has 0 fully saturated rings. The van der Waals surface area contributed by atoms with Crippen molar-refractivity contribution >= 4 is 28.6 Å². The Kier molecular flexibility index (Phi) is 8.91. The van der Waals surface area contributed by atoms with E-state index in [1.807, 2.05) is 0 Å². The van der Waals surface area contributed by atoms with Crippen LogP contribution in [0.15, 0.2) is 52.9 Å². The summed E-state index contributed by atoms with van der Waals surface area (Å²) in [5.41, 5.74) is -0.709. The second-order valence-electron chi connectivity index (χ2n) is 10.7. The number of hydrogen-bond acceptors (Lipinski definition) is 6. The minimum Gasteiger partial charge on any atom is -0.496 e. The molecule has 0 bridgehead atoms. The first-order valence-corrected chi connectivity index (χ1v) is 13.3. The van der Waals surface area contributed by atoms with Crippen molar-refractivity contribution in [3.8, 4) is 40.5 Å². The summed E-state index contributed by atoms with van der Waals surface area (Å²) in [5, 5.41) is 4.59. The molecule has 2 N–H and O–H groups in total. The Hall–Kier alpha value is -4.99. The number of Topliss-reactive ketones (excluding diaryl/α,β-unsaturated/α-hetero) is 1. The summed E-state index contributed by atoms with van der Waals surface area (Å²) in [6, 6.07) is 10.5. The zero-order valence-corrected chi connectivity index (χ0v) is 24.5. The summed E-state index contributed by atoms with van der Waals surface area (Å²) in [5.74, 6) is -4.59. The largest absolute Gasteiger partial charge is 0.496 e. The van der Waals surface area contributed by atoms with Crippen LogP contribution in [0.3, 0.4) is 0 Å². The van der Waals surface area contributed by atoms with Gasteiger partial charge in [-0.1, -0.05) is 6.07 Å². The molecule has 0 aliphatic carbocycles. The lowest BCUT2D eigenvalue weighted by Crippen LogP contribution is -2.42. The zero-order chi connectivity index (χ0) is 33.3. The molecule has 2 aromatic heterocycles. The number of methoxy groups -OCH3 is 1. The van der Waals surface area contributed by atoms with Gasteiger partial charge < -0.3 is 19.8 Å². The Morgan fingerprint density at radius 2 is 1.67 bits per heavy atom. The molecule has 0 unspecified atom stereocenters. The fourth-order valence-electron chi connectivity index (χ4n) is 4.47. The number of amides is 1. The monoisotopic (exact) mass is 631 g/mol. The van der Waals surface area contributed by atoms with Gasteiger partial charge in [-0.25, -0.2) is 4.39 Å². The highest BCUT2D eigenvalue weighted by Gasteiger charge is 2.57. The second kappa shape index (κ2) is 12.2. The summed E-state index contributed by atoms with van der Waals surface area (Å²) < 4.78 is 91.9. The number of aromatic nitrogens is 1. The first-order chi connectivity index (χ1) is 21.0. The van der Waals surface area contributed by atoms with Gasteiger partial charge in [0.2, 0.25) is 5.71 Å². The van der Waals surface area contributed by atoms with Gasteiger partial charge in [-0.3, -0.25) is 9.59 Å². The van der Waals surface area contributed by atoms with Crippen LogP contribution < -0.4 is 15.4 Å². The number of terminal acetylenes is 1. The van der Waals surface area contributed by atoms with Gasteiger partial charge in [0.15, 0.2) is 5.78 Å². The summed E-state index contributed by atoms with van der Waals surface area (Å²) in [7, 11) is 2.67. The number of ether oxygens (including phenoxy) is 1. The molecule has 13 heteroatoms. The third kappa shape index (κ3) is 6.74. The molecule has 2 aromatic carbocycles. The van der Waals surface area contributed by atoms with Crippen LogP contribution in [0.5, 0.6) is 5.75 Å². The molecule has 0 saturated heterocycles. The number of ketones is 1. The molecule has 0 radical (unpaired) electrons. The van der Waals surface area contributed by atoms with Crippen molar-refractivity contribution in [3.05, 3.63) is 65.5 Å². The van der Waals surface area contributed by atoms with Crippen LogP contribution in [0.2, 0.25) is 0 Å². The standard InChI is InChI=1S/C32H27F6N3O4/c1-6-30(2,3)15-23(42)21-13-18(9-12-24(21)44-5)20-14-22-25(28(43)39-4)26(17-7-10-19(33)11-8-17)45-29(22)41-27(20)40-16-31(34,35)32(36,37)38/h1,7-14H,15-16H2,2-5H3,(H,39,43)(H,40,41). The average molecular weight is 632 g/mol. The SMILES string of the molecule is C#CC(C)(C)CC(=O)c1cc(-c2cc3c(C(=O)NC)c(-c4ccc(F)cc4)oc3nc2NCC(F)(F)C(F)(F)F)ccc1OC. The summed E-state index contributed by atoms with van der Waals surface area (Å²) in [4.78, 5) is 30.5. The predicted molar refractivity (Wildman–Crippen MR) is 156 cm³/mol. The van der Waals surface area contributed by atoms with Crippen molar-refractivity contribution in [2.24, 2.45) is 5.41 Å². The number of anilines is 1. The Bertz CT molecular complexity index is 1800. The number of nitrogens with one attached hydrogen (secondary N) is 2. The highest BCUT2D eigenvalue weighted by molar-refractivity contribution is 6.12. The fourth-order valence-corrected chi connectivity index (χ4v) is 4.47. The first-order valence-electron chi connectivity index (χ1n) is 13.3. The number of nitrogens with zero attached hydrogens (tertiary/aromatic N) is 1. The Morgan fingerprint density at radius 1 is 1.02 bits per heavy atom. The third-order valence-electron chi connectivity index (χ3n) is 6.94. The number of alkyl halides is 5. The van der Waals surface area contributed by atoms with Crippen LogP contribution in [-0.4, -0.2) is 49.5 Å². The summed E-state index contributed by atoms with van der Waals surface area (Å²) >= 11 is 0. The zero-order valence-electron chi connectivity index (χ0n) is 24.5. The minimum absolute atomic E-state index is 0.0370. The van der Waals surface area contributed by atoms with Gasteiger partial charge in [0.05, 0.1) is 30.2 Å². The van der Waals surface area contributed by atoms with E-state index in [1.54, 1.807) is 13.8 Å². The quantitative estimate of drug-likeness (QED) is 0.107. The predicted octanol–water partition coefficient (Wildman–Crippen LogP) is 7.51. The number of pyridine rings is 1. The first kappa shape index (κ1) is 32.9. The molecule has 236 valence electrons. The molecule has 0 saturated carbocycles. The Balaban J connectivity index is 1.98. The Morgan fingerprint density at radius 3 is 2.24 bits per heavy atom. The summed E-state index contributed by atoms with van der Waals surface area (Å²) in [6.07, 6.45) is -0.405. The van der Waals surface area contributed by atoms with Crippen LogP contribution in [0.25, 0.3) is 33.6 Å². The molecule has 7 nitrogen and oxygen atoms in total. The molecule has 0 spiro atoms. The maximum atomic E-state index is 14.0. The minimum atomic E-state index is -5.86. The maximum absolute atomic E-state index is 14.0. The normalized spacial score (nSPS) is 12.1. The summed E-state index contributed by atoms with van der Waals surface area (Å²) in [6.45, 7) is 1.48. The molecule has 0 aliphatic rings. The van der Waals surface area contributed by atoms with E-state index >= 15 is 0 Å².